The number of Topliss-reactive ketones (excluding diaryl/α,β-unsaturated/α-hetero) is 1. The van der Waals surface area contributed by atoms with Gasteiger partial charge in [-0.1, -0.05) is 13.8 Å². The molecule has 1 heterocycles. The SMILES string of the molecule is CC12CC[C@H]3[C@@H](CC[C@H]4C[C@@H]5O[C@@H]5C[C@@]43C)[C@@H]1CCC2=O. The van der Waals surface area contributed by atoms with Crippen LogP contribution in [0, 0.1) is 34.5 Å². The number of hydrogen-bond donors (Lipinski definition) is 0. The van der Waals surface area contributed by atoms with Crippen LogP contribution in [0.4, 0.5) is 0 Å². The Morgan fingerprint density at radius 2 is 1.90 bits per heavy atom. The Labute approximate surface area is 128 Å². The number of rotatable bonds is 0. The van der Waals surface area contributed by atoms with E-state index in [-0.39, 0.29) is 5.41 Å². The normalized spacial score (nSPS) is 61.5. The summed E-state index contributed by atoms with van der Waals surface area (Å²) in [5, 5.41) is 0. The van der Waals surface area contributed by atoms with Crippen molar-refractivity contribution in [2.75, 3.05) is 0 Å². The maximum Gasteiger partial charge on any atom is 0.139 e. The predicted molar refractivity (Wildman–Crippen MR) is 80.8 cm³/mol. The fraction of sp³-hybridized carbons (Fsp3) is 0.947. The molecule has 5 rings (SSSR count). The van der Waals surface area contributed by atoms with E-state index in [0.29, 0.717) is 29.3 Å². The highest BCUT2D eigenvalue weighted by Gasteiger charge is 2.63. The second-order valence-electron chi connectivity index (χ2n) is 9.23. The van der Waals surface area contributed by atoms with Crippen LogP contribution < -0.4 is 0 Å². The molecule has 21 heavy (non-hydrogen) atoms. The molecule has 1 saturated heterocycles. The molecule has 116 valence electrons. The van der Waals surface area contributed by atoms with Gasteiger partial charge in [0.2, 0.25) is 0 Å². The van der Waals surface area contributed by atoms with E-state index in [4.69, 9.17) is 4.74 Å². The zero-order valence-corrected chi connectivity index (χ0v) is 13.4. The fourth-order valence-corrected chi connectivity index (χ4v) is 7.29. The van der Waals surface area contributed by atoms with Crippen LogP contribution in [0.1, 0.15) is 65.2 Å². The third-order valence-electron chi connectivity index (χ3n) is 8.62. The summed E-state index contributed by atoms with van der Waals surface area (Å²) in [4.78, 5) is 12.4. The minimum atomic E-state index is 0.0393. The second kappa shape index (κ2) is 3.93. The minimum absolute atomic E-state index is 0.0393. The zero-order chi connectivity index (χ0) is 14.4. The Morgan fingerprint density at radius 1 is 1.05 bits per heavy atom. The molecule has 1 unspecified atom stereocenters. The molecule has 1 aliphatic heterocycles. The Kier molecular flexibility index (Phi) is 2.45. The lowest BCUT2D eigenvalue weighted by atomic mass is 9.45. The molecule has 5 aliphatic rings. The Morgan fingerprint density at radius 3 is 2.76 bits per heavy atom. The summed E-state index contributed by atoms with van der Waals surface area (Å²) in [6.45, 7) is 4.87. The van der Waals surface area contributed by atoms with E-state index in [1.165, 1.54) is 38.5 Å². The first kappa shape index (κ1) is 13.1. The van der Waals surface area contributed by atoms with Gasteiger partial charge in [0.25, 0.3) is 0 Å². The van der Waals surface area contributed by atoms with Crippen molar-refractivity contribution < 1.29 is 9.53 Å². The molecule has 0 amide bonds. The van der Waals surface area contributed by atoms with Crippen molar-refractivity contribution in [1.82, 2.24) is 0 Å². The van der Waals surface area contributed by atoms with Gasteiger partial charge < -0.3 is 4.74 Å². The van der Waals surface area contributed by atoms with Crippen LogP contribution in [0.25, 0.3) is 0 Å². The molecule has 0 aromatic rings. The minimum Gasteiger partial charge on any atom is -0.370 e. The molecule has 0 spiro atoms. The van der Waals surface area contributed by atoms with Crippen LogP contribution in [0.2, 0.25) is 0 Å². The van der Waals surface area contributed by atoms with Gasteiger partial charge in [-0.05, 0) is 74.0 Å². The van der Waals surface area contributed by atoms with E-state index >= 15 is 0 Å². The molecule has 4 saturated carbocycles. The summed E-state index contributed by atoms with van der Waals surface area (Å²) in [5.41, 5.74) is 0.547. The largest absolute Gasteiger partial charge is 0.370 e. The van der Waals surface area contributed by atoms with Gasteiger partial charge in [-0.15, -0.1) is 0 Å². The summed E-state index contributed by atoms with van der Waals surface area (Å²) < 4.78 is 5.88. The second-order valence-corrected chi connectivity index (χ2v) is 9.23. The first-order valence-corrected chi connectivity index (χ1v) is 9.21. The summed E-state index contributed by atoms with van der Waals surface area (Å²) in [6.07, 6.45) is 11.1. The summed E-state index contributed by atoms with van der Waals surface area (Å²) in [6, 6.07) is 0. The van der Waals surface area contributed by atoms with Crippen molar-refractivity contribution in [2.24, 2.45) is 34.5 Å². The molecule has 0 aromatic carbocycles. The Bertz CT molecular complexity index is 500. The van der Waals surface area contributed by atoms with E-state index in [9.17, 15) is 4.79 Å². The highest BCUT2D eigenvalue weighted by molar-refractivity contribution is 5.87. The van der Waals surface area contributed by atoms with Crippen LogP contribution in [0.5, 0.6) is 0 Å². The average Bonchev–Trinajstić information content (AvgIpc) is 3.12. The lowest BCUT2D eigenvalue weighted by Gasteiger charge is -2.59. The first-order valence-electron chi connectivity index (χ1n) is 9.21. The molecule has 0 N–H and O–H groups in total. The van der Waals surface area contributed by atoms with E-state index in [0.717, 1.165) is 30.6 Å². The molecule has 0 aromatic heterocycles. The van der Waals surface area contributed by atoms with Crippen molar-refractivity contribution in [1.29, 1.82) is 0 Å². The van der Waals surface area contributed by atoms with Crippen LogP contribution in [-0.4, -0.2) is 18.0 Å². The number of epoxide rings is 1. The van der Waals surface area contributed by atoms with E-state index in [1.807, 2.05) is 0 Å². The fourth-order valence-electron chi connectivity index (χ4n) is 7.29. The lowest BCUT2D eigenvalue weighted by molar-refractivity contribution is -0.137. The number of ketones is 1. The van der Waals surface area contributed by atoms with Crippen molar-refractivity contribution >= 4 is 5.78 Å². The predicted octanol–water partition coefficient (Wildman–Crippen LogP) is 3.98. The zero-order valence-electron chi connectivity index (χ0n) is 13.4. The summed E-state index contributed by atoms with van der Waals surface area (Å²) >= 11 is 0. The van der Waals surface area contributed by atoms with Crippen LogP contribution in [0.15, 0.2) is 0 Å². The van der Waals surface area contributed by atoms with Gasteiger partial charge in [-0.3, -0.25) is 4.79 Å². The summed E-state index contributed by atoms with van der Waals surface area (Å²) in [7, 11) is 0. The quantitative estimate of drug-likeness (QED) is 0.631. The standard InChI is InChI=1S/C19H28O2/c1-18-8-7-14-12(13(18)5-6-17(18)20)4-3-11-9-15-16(21-15)10-19(11,14)2/h11-16H,3-10H2,1-2H3/t11-,12-,13-,14-,15-,16+,18?,19-/m0/s1. The van der Waals surface area contributed by atoms with Crippen LogP contribution >= 0.6 is 0 Å². The van der Waals surface area contributed by atoms with Gasteiger partial charge in [0.1, 0.15) is 5.78 Å². The summed E-state index contributed by atoms with van der Waals surface area (Å²) in [5.74, 6) is 3.85. The number of carbonyl (C=O) groups is 1. The number of fused-ring (bicyclic) bond motifs is 6. The van der Waals surface area contributed by atoms with E-state index in [2.05, 4.69) is 13.8 Å². The van der Waals surface area contributed by atoms with Crippen molar-refractivity contribution in [2.45, 2.75) is 77.4 Å². The molecule has 5 fully saturated rings. The van der Waals surface area contributed by atoms with Crippen LogP contribution in [-0.2, 0) is 9.53 Å². The van der Waals surface area contributed by atoms with Gasteiger partial charge in [-0.25, -0.2) is 0 Å². The molecule has 8 atom stereocenters. The maximum absolute atomic E-state index is 12.4. The van der Waals surface area contributed by atoms with E-state index in [1.54, 1.807) is 0 Å². The molecule has 0 bridgehead atoms. The molecule has 2 heteroatoms. The Hall–Kier alpha value is -0.370. The highest BCUT2D eigenvalue weighted by atomic mass is 16.6. The maximum atomic E-state index is 12.4. The third kappa shape index (κ3) is 1.56. The van der Waals surface area contributed by atoms with Gasteiger partial charge in [0.15, 0.2) is 0 Å². The lowest BCUT2D eigenvalue weighted by Crippen LogP contribution is -2.53. The van der Waals surface area contributed by atoms with Crippen LogP contribution in [0.3, 0.4) is 0 Å². The van der Waals surface area contributed by atoms with Crippen molar-refractivity contribution in [3.05, 3.63) is 0 Å². The molecule has 2 nitrogen and oxygen atoms in total. The van der Waals surface area contributed by atoms with Gasteiger partial charge in [-0.2, -0.15) is 0 Å². The van der Waals surface area contributed by atoms with Crippen molar-refractivity contribution in [3.8, 4) is 0 Å². The van der Waals surface area contributed by atoms with E-state index < -0.39 is 0 Å². The van der Waals surface area contributed by atoms with Crippen molar-refractivity contribution in [3.63, 3.8) is 0 Å². The van der Waals surface area contributed by atoms with Gasteiger partial charge in [0.05, 0.1) is 12.2 Å². The topological polar surface area (TPSA) is 29.6 Å². The number of hydrogen-bond acceptors (Lipinski definition) is 2. The number of carbonyl (C=O) groups excluding carboxylic acids is 1. The highest BCUT2D eigenvalue weighted by Crippen LogP contribution is 2.67. The Balaban J connectivity index is 1.49. The third-order valence-corrected chi connectivity index (χ3v) is 8.62. The average molecular weight is 288 g/mol. The molecule has 4 aliphatic carbocycles. The van der Waals surface area contributed by atoms with Gasteiger partial charge in [0, 0.05) is 11.8 Å². The van der Waals surface area contributed by atoms with Gasteiger partial charge >= 0.3 is 0 Å². The smallest absolute Gasteiger partial charge is 0.139 e. The molecular formula is C19H28O2. The molecule has 0 radical (unpaired) electrons. The monoisotopic (exact) mass is 288 g/mol. The number of ether oxygens (including phenoxy) is 1. The first-order chi connectivity index (χ1) is 10.0. The molecular weight excluding hydrogens is 260 g/mol.